The van der Waals surface area contributed by atoms with Crippen LogP contribution in [0.1, 0.15) is 57.6 Å². The maximum atomic E-state index is 13.6. The first-order valence-corrected chi connectivity index (χ1v) is 20.2. The molecule has 0 bridgehead atoms. The molecule has 2 atom stereocenters. The van der Waals surface area contributed by atoms with Crippen LogP contribution >= 0.6 is 0 Å². The van der Waals surface area contributed by atoms with Gasteiger partial charge in [0.15, 0.2) is 0 Å². The third-order valence-corrected chi connectivity index (χ3v) is 11.1. The number of aliphatic hydroxyl groups is 1. The Kier molecular flexibility index (Phi) is 10.1. The highest BCUT2D eigenvalue weighted by Crippen LogP contribution is 2.39. The predicted octanol–water partition coefficient (Wildman–Crippen LogP) is 6.95. The molecule has 43 heavy (non-hydrogen) atoms. The van der Waals surface area contributed by atoms with Gasteiger partial charge in [-0.05, 0) is 75.3 Å². The van der Waals surface area contributed by atoms with Crippen molar-refractivity contribution >= 4 is 30.1 Å². The SMILES string of the molecule is CC(C)(C)OC(=O)N[C@@H]1CCCC[C@H]1Cc1ccc(N2C=C(O)N(CC[Si](C)(C)C)S2(=O)=O)c(OCc2ccccc2)c1. The largest absolute Gasteiger partial charge is 0.493 e. The summed E-state index contributed by atoms with van der Waals surface area (Å²) in [5, 5.41) is 13.8. The molecule has 2 aromatic rings. The van der Waals surface area contributed by atoms with Gasteiger partial charge in [0, 0.05) is 20.7 Å². The lowest BCUT2D eigenvalue weighted by atomic mass is 9.80. The molecule has 2 aromatic carbocycles. The lowest BCUT2D eigenvalue weighted by Gasteiger charge is -2.33. The number of carbonyl (C=O) groups excluding carboxylic acids is 1. The minimum Gasteiger partial charge on any atom is -0.493 e. The zero-order valence-electron chi connectivity index (χ0n) is 26.3. The molecule has 0 spiro atoms. The van der Waals surface area contributed by atoms with E-state index >= 15 is 0 Å². The van der Waals surface area contributed by atoms with E-state index < -0.39 is 30.0 Å². The van der Waals surface area contributed by atoms with E-state index in [2.05, 4.69) is 25.0 Å². The third-order valence-electron chi connectivity index (χ3n) is 7.69. The van der Waals surface area contributed by atoms with Gasteiger partial charge < -0.3 is 19.9 Å². The molecule has 1 fully saturated rings. The molecule has 11 heteroatoms. The number of alkyl carbamates (subject to hydrolysis) is 1. The Morgan fingerprint density at radius 2 is 1.74 bits per heavy atom. The van der Waals surface area contributed by atoms with Crippen molar-refractivity contribution in [3.63, 3.8) is 0 Å². The number of rotatable bonds is 10. The Balaban J connectivity index is 1.60. The van der Waals surface area contributed by atoms with Crippen molar-refractivity contribution in [2.45, 2.75) is 96.8 Å². The molecule has 0 radical (unpaired) electrons. The molecular weight excluding hydrogens is 583 g/mol. The first kappa shape index (κ1) is 32.7. The van der Waals surface area contributed by atoms with E-state index in [1.165, 1.54) is 6.20 Å². The second-order valence-electron chi connectivity index (χ2n) is 13.8. The summed E-state index contributed by atoms with van der Waals surface area (Å²) >= 11 is 0. The normalized spacial score (nSPS) is 20.5. The van der Waals surface area contributed by atoms with Crippen molar-refractivity contribution < 1.29 is 27.8 Å². The van der Waals surface area contributed by atoms with Crippen LogP contribution in [-0.4, -0.2) is 50.2 Å². The molecule has 2 aliphatic rings. The standard InChI is InChI=1S/C32H47N3O6SSi/c1-32(2,3)41-31(37)33-27-15-11-10-14-26(27)20-25-16-17-28(29(21-25)40-23-24-12-8-7-9-13-24)35-22-30(36)34(42(35,38)39)18-19-43(4,5)6/h7-9,12-13,16-17,21-22,26-27,36H,10-11,14-15,18-20,23H2,1-6H3,(H,33,37)/t26-,27+/m0/s1. The molecule has 0 saturated heterocycles. The van der Waals surface area contributed by atoms with Gasteiger partial charge in [0.1, 0.15) is 23.6 Å². The zero-order chi connectivity index (χ0) is 31.4. The van der Waals surface area contributed by atoms with E-state index in [0.29, 0.717) is 23.9 Å². The highest BCUT2D eigenvalue weighted by atomic mass is 32.2. The maximum absolute atomic E-state index is 13.6. The second-order valence-corrected chi connectivity index (χ2v) is 21.1. The number of ether oxygens (including phenoxy) is 2. The molecule has 1 aliphatic carbocycles. The Morgan fingerprint density at radius 3 is 2.42 bits per heavy atom. The number of amides is 1. The molecule has 9 nitrogen and oxygen atoms in total. The van der Waals surface area contributed by atoms with Gasteiger partial charge in [-0.25, -0.2) is 13.4 Å². The highest BCUT2D eigenvalue weighted by Gasteiger charge is 2.39. The molecule has 1 amide bonds. The molecule has 1 saturated carbocycles. The average molecular weight is 630 g/mol. The van der Waals surface area contributed by atoms with Crippen molar-refractivity contribution in [2.75, 3.05) is 10.8 Å². The molecule has 4 rings (SSSR count). The van der Waals surface area contributed by atoms with E-state index in [1.807, 2.05) is 63.2 Å². The van der Waals surface area contributed by atoms with Gasteiger partial charge in [-0.2, -0.15) is 8.42 Å². The summed E-state index contributed by atoms with van der Waals surface area (Å²) in [5.74, 6) is 0.314. The van der Waals surface area contributed by atoms with Gasteiger partial charge in [-0.3, -0.25) is 0 Å². The van der Waals surface area contributed by atoms with Crippen LogP contribution in [0.25, 0.3) is 0 Å². The smallest absolute Gasteiger partial charge is 0.407 e. The Hall–Kier alpha value is -3.18. The van der Waals surface area contributed by atoms with Gasteiger partial charge in [-0.1, -0.05) is 68.9 Å². The summed E-state index contributed by atoms with van der Waals surface area (Å²) in [6, 6.07) is 15.9. The zero-order valence-corrected chi connectivity index (χ0v) is 28.1. The molecule has 0 aromatic heterocycles. The number of hydrogen-bond acceptors (Lipinski definition) is 6. The van der Waals surface area contributed by atoms with Gasteiger partial charge in [-0.15, -0.1) is 0 Å². The van der Waals surface area contributed by atoms with Crippen LogP contribution < -0.4 is 14.4 Å². The topological polar surface area (TPSA) is 108 Å². The van der Waals surface area contributed by atoms with Crippen molar-refractivity contribution in [3.05, 3.63) is 71.7 Å². The molecular formula is C32H47N3O6SSi. The lowest BCUT2D eigenvalue weighted by molar-refractivity contribution is 0.0468. The van der Waals surface area contributed by atoms with Gasteiger partial charge >= 0.3 is 16.3 Å². The fourth-order valence-corrected chi connectivity index (χ4v) is 7.94. The highest BCUT2D eigenvalue weighted by molar-refractivity contribution is 7.91. The fourth-order valence-electron chi connectivity index (χ4n) is 5.44. The number of nitrogens with one attached hydrogen (secondary N) is 1. The number of benzene rings is 2. The summed E-state index contributed by atoms with van der Waals surface area (Å²) in [4.78, 5) is 12.6. The molecule has 0 unspecified atom stereocenters. The minimum atomic E-state index is -4.03. The van der Waals surface area contributed by atoms with Crippen LogP contribution in [0.5, 0.6) is 5.75 Å². The van der Waals surface area contributed by atoms with E-state index in [-0.39, 0.29) is 31.0 Å². The van der Waals surface area contributed by atoms with Crippen molar-refractivity contribution in [1.29, 1.82) is 0 Å². The van der Waals surface area contributed by atoms with Crippen LogP contribution in [0.4, 0.5) is 10.5 Å². The van der Waals surface area contributed by atoms with Crippen molar-refractivity contribution in [2.24, 2.45) is 5.92 Å². The molecule has 1 aliphatic heterocycles. The quantitative estimate of drug-likeness (QED) is 0.275. The van der Waals surface area contributed by atoms with Crippen LogP contribution in [-0.2, 0) is 28.0 Å². The van der Waals surface area contributed by atoms with Crippen LogP contribution in [0, 0.1) is 5.92 Å². The predicted molar refractivity (Wildman–Crippen MR) is 173 cm³/mol. The first-order chi connectivity index (χ1) is 20.1. The fraction of sp³-hybridized carbons (Fsp3) is 0.531. The number of hydrogen-bond donors (Lipinski definition) is 2. The van der Waals surface area contributed by atoms with Gasteiger partial charge in [0.25, 0.3) is 0 Å². The summed E-state index contributed by atoms with van der Waals surface area (Å²) in [6.07, 6.45) is 5.50. The first-order valence-electron chi connectivity index (χ1n) is 15.1. The van der Waals surface area contributed by atoms with Crippen LogP contribution in [0.2, 0.25) is 25.7 Å². The number of carbonyl (C=O) groups is 1. The number of aliphatic hydroxyl groups excluding tert-OH is 1. The van der Waals surface area contributed by atoms with E-state index in [4.69, 9.17) is 9.47 Å². The second kappa shape index (κ2) is 13.2. The van der Waals surface area contributed by atoms with E-state index in [9.17, 15) is 18.3 Å². The summed E-state index contributed by atoms with van der Waals surface area (Å²) in [5.41, 5.74) is 1.70. The van der Waals surface area contributed by atoms with Gasteiger partial charge in [0.2, 0.25) is 5.88 Å². The Morgan fingerprint density at radius 1 is 1.05 bits per heavy atom. The van der Waals surface area contributed by atoms with Crippen LogP contribution in [0.15, 0.2) is 60.6 Å². The van der Waals surface area contributed by atoms with Crippen molar-refractivity contribution in [1.82, 2.24) is 9.62 Å². The average Bonchev–Trinajstić information content (AvgIpc) is 3.13. The molecule has 2 N–H and O–H groups in total. The van der Waals surface area contributed by atoms with E-state index in [1.54, 1.807) is 6.07 Å². The number of anilines is 1. The summed E-state index contributed by atoms with van der Waals surface area (Å²) in [7, 11) is -5.59. The van der Waals surface area contributed by atoms with Gasteiger partial charge in [0.05, 0.1) is 6.20 Å². The number of nitrogens with zero attached hydrogens (tertiary/aromatic N) is 2. The lowest BCUT2D eigenvalue weighted by Crippen LogP contribution is -2.45. The summed E-state index contributed by atoms with van der Waals surface area (Å²) < 4.78 is 41.3. The molecule has 236 valence electrons. The Labute approximate surface area is 258 Å². The monoisotopic (exact) mass is 629 g/mol. The van der Waals surface area contributed by atoms with E-state index in [0.717, 1.165) is 45.4 Å². The third kappa shape index (κ3) is 8.92. The summed E-state index contributed by atoms with van der Waals surface area (Å²) in [6.45, 7) is 12.5. The van der Waals surface area contributed by atoms with Crippen LogP contribution in [0.3, 0.4) is 0 Å². The minimum absolute atomic E-state index is 0.0178. The van der Waals surface area contributed by atoms with Crippen molar-refractivity contribution in [3.8, 4) is 5.75 Å². The molecule has 1 heterocycles. The Bertz CT molecular complexity index is 1400. The maximum Gasteiger partial charge on any atom is 0.407 e.